The summed E-state index contributed by atoms with van der Waals surface area (Å²) < 4.78 is 13.3. The normalized spacial score (nSPS) is 19.7. The molecule has 88 valence electrons. The second-order valence-electron chi connectivity index (χ2n) is 4.60. The van der Waals surface area contributed by atoms with Crippen LogP contribution in [0.15, 0.2) is 18.2 Å². The van der Waals surface area contributed by atoms with Crippen LogP contribution >= 0.6 is 11.6 Å². The zero-order valence-electron chi connectivity index (χ0n) is 9.26. The Morgan fingerprint density at radius 2 is 1.94 bits per heavy atom. The summed E-state index contributed by atoms with van der Waals surface area (Å²) in [7, 11) is 0. The second-order valence-corrected chi connectivity index (χ2v) is 5.00. The Bertz CT molecular complexity index is 361. The van der Waals surface area contributed by atoms with E-state index in [4.69, 9.17) is 17.3 Å². The lowest BCUT2D eigenvalue weighted by molar-refractivity contribution is 0.308. The lowest BCUT2D eigenvalue weighted by Crippen LogP contribution is -2.23. The molecule has 1 aromatic rings. The molecule has 16 heavy (non-hydrogen) atoms. The highest BCUT2D eigenvalue weighted by molar-refractivity contribution is 6.30. The monoisotopic (exact) mass is 241 g/mol. The molecule has 2 N–H and O–H groups in total. The highest BCUT2D eigenvalue weighted by Gasteiger charge is 2.22. The molecule has 1 fully saturated rings. The van der Waals surface area contributed by atoms with Crippen LogP contribution in [0.3, 0.4) is 0 Å². The summed E-state index contributed by atoms with van der Waals surface area (Å²) in [5.74, 6) is 0.125. The first-order valence-corrected chi connectivity index (χ1v) is 6.27. The summed E-state index contributed by atoms with van der Waals surface area (Å²) in [5, 5.41) is 0.166. The molecule has 1 atom stereocenters. The average molecular weight is 242 g/mol. The van der Waals surface area contributed by atoms with E-state index in [1.807, 2.05) is 6.07 Å². The van der Waals surface area contributed by atoms with E-state index in [2.05, 4.69) is 0 Å². The number of nitrogens with two attached hydrogens (primary N) is 1. The fourth-order valence-electron chi connectivity index (χ4n) is 2.49. The lowest BCUT2D eigenvalue weighted by Gasteiger charge is -2.27. The predicted octanol–water partition coefficient (Wildman–Crippen LogP) is 4.06. The van der Waals surface area contributed by atoms with Gasteiger partial charge in [-0.2, -0.15) is 0 Å². The molecule has 0 unspecified atom stereocenters. The van der Waals surface area contributed by atoms with Gasteiger partial charge >= 0.3 is 0 Å². The Hall–Kier alpha value is -0.600. The molecule has 2 rings (SSSR count). The first-order chi connectivity index (χ1) is 7.68. The van der Waals surface area contributed by atoms with Gasteiger partial charge in [-0.05, 0) is 36.5 Å². The Morgan fingerprint density at radius 3 is 2.56 bits per heavy atom. The summed E-state index contributed by atoms with van der Waals surface area (Å²) in [6.07, 6.45) is 6.11. The van der Waals surface area contributed by atoms with Crippen molar-refractivity contribution in [3.05, 3.63) is 34.6 Å². The van der Waals surface area contributed by atoms with Crippen LogP contribution in [0.4, 0.5) is 4.39 Å². The van der Waals surface area contributed by atoms with Crippen LogP contribution in [-0.4, -0.2) is 0 Å². The molecule has 1 aliphatic carbocycles. The molecule has 0 spiro atoms. The summed E-state index contributed by atoms with van der Waals surface area (Å²) in [6, 6.07) is 4.85. The second kappa shape index (κ2) is 5.15. The van der Waals surface area contributed by atoms with Crippen LogP contribution in [0.25, 0.3) is 0 Å². The molecule has 1 aromatic carbocycles. The SMILES string of the molecule is N[C@@H](c1ccc(Cl)c(F)c1)C1CCCCC1. The number of hydrogen-bond acceptors (Lipinski definition) is 1. The minimum Gasteiger partial charge on any atom is -0.324 e. The van der Waals surface area contributed by atoms with Crippen molar-refractivity contribution in [2.75, 3.05) is 0 Å². The maximum absolute atomic E-state index is 13.3. The predicted molar refractivity (Wildman–Crippen MR) is 64.9 cm³/mol. The molecule has 3 heteroatoms. The van der Waals surface area contributed by atoms with Gasteiger partial charge in [0.25, 0.3) is 0 Å². The van der Waals surface area contributed by atoms with Crippen molar-refractivity contribution in [1.29, 1.82) is 0 Å². The van der Waals surface area contributed by atoms with Crippen molar-refractivity contribution in [2.45, 2.75) is 38.1 Å². The number of rotatable bonds is 2. The molecule has 0 amide bonds. The fourth-order valence-corrected chi connectivity index (χ4v) is 2.60. The standard InChI is InChI=1S/C13H17ClFN/c14-11-7-6-10(8-12(11)15)13(16)9-4-2-1-3-5-9/h6-9,13H,1-5,16H2/t13-/m1/s1. The fraction of sp³-hybridized carbons (Fsp3) is 0.538. The van der Waals surface area contributed by atoms with Crippen LogP contribution in [0.1, 0.15) is 43.7 Å². The zero-order chi connectivity index (χ0) is 11.5. The molecule has 0 bridgehead atoms. The first kappa shape index (κ1) is 11.9. The van der Waals surface area contributed by atoms with Crippen LogP contribution in [0.5, 0.6) is 0 Å². The van der Waals surface area contributed by atoms with Gasteiger partial charge in [-0.3, -0.25) is 0 Å². The molecule has 0 radical (unpaired) electrons. The van der Waals surface area contributed by atoms with E-state index in [0.717, 1.165) is 18.4 Å². The Balaban J connectivity index is 2.12. The third-order valence-corrected chi connectivity index (χ3v) is 3.79. The van der Waals surface area contributed by atoms with E-state index in [1.165, 1.54) is 25.3 Å². The lowest BCUT2D eigenvalue weighted by atomic mass is 9.81. The topological polar surface area (TPSA) is 26.0 Å². The summed E-state index contributed by atoms with van der Waals surface area (Å²) in [6.45, 7) is 0. The minimum atomic E-state index is -0.370. The van der Waals surface area contributed by atoms with E-state index in [9.17, 15) is 4.39 Å². The van der Waals surface area contributed by atoms with Gasteiger partial charge in [0.2, 0.25) is 0 Å². The van der Waals surface area contributed by atoms with Gasteiger partial charge in [0.05, 0.1) is 5.02 Å². The summed E-state index contributed by atoms with van der Waals surface area (Å²) >= 11 is 5.66. The molecule has 0 aromatic heterocycles. The van der Waals surface area contributed by atoms with Gasteiger partial charge in [0.1, 0.15) is 5.82 Å². The molecular formula is C13H17ClFN. The van der Waals surface area contributed by atoms with Crippen LogP contribution in [0.2, 0.25) is 5.02 Å². The number of halogens is 2. The van der Waals surface area contributed by atoms with E-state index < -0.39 is 0 Å². The van der Waals surface area contributed by atoms with Gasteiger partial charge in [-0.1, -0.05) is 36.9 Å². The van der Waals surface area contributed by atoms with Gasteiger partial charge in [0, 0.05) is 6.04 Å². The number of benzene rings is 1. The Labute approximate surface area is 101 Å². The summed E-state index contributed by atoms with van der Waals surface area (Å²) in [4.78, 5) is 0. The highest BCUT2D eigenvalue weighted by Crippen LogP contribution is 2.33. The van der Waals surface area contributed by atoms with Gasteiger partial charge < -0.3 is 5.73 Å². The van der Waals surface area contributed by atoms with E-state index >= 15 is 0 Å². The molecule has 1 saturated carbocycles. The Kier molecular flexibility index (Phi) is 3.82. The van der Waals surface area contributed by atoms with Crippen LogP contribution < -0.4 is 5.73 Å². The quantitative estimate of drug-likeness (QED) is 0.830. The van der Waals surface area contributed by atoms with Crippen molar-refractivity contribution in [2.24, 2.45) is 11.7 Å². The van der Waals surface area contributed by atoms with Gasteiger partial charge in [-0.15, -0.1) is 0 Å². The molecule has 0 heterocycles. The van der Waals surface area contributed by atoms with Crippen molar-refractivity contribution >= 4 is 11.6 Å². The molecule has 0 saturated heterocycles. The van der Waals surface area contributed by atoms with Crippen molar-refractivity contribution in [3.63, 3.8) is 0 Å². The first-order valence-electron chi connectivity index (χ1n) is 5.89. The molecular weight excluding hydrogens is 225 g/mol. The number of hydrogen-bond donors (Lipinski definition) is 1. The largest absolute Gasteiger partial charge is 0.324 e. The minimum absolute atomic E-state index is 0.0490. The maximum atomic E-state index is 13.3. The summed E-state index contributed by atoms with van der Waals surface area (Å²) in [5.41, 5.74) is 7.05. The highest BCUT2D eigenvalue weighted by atomic mass is 35.5. The van der Waals surface area contributed by atoms with Gasteiger partial charge in [0.15, 0.2) is 0 Å². The Morgan fingerprint density at radius 1 is 1.25 bits per heavy atom. The van der Waals surface area contributed by atoms with Crippen molar-refractivity contribution in [1.82, 2.24) is 0 Å². The van der Waals surface area contributed by atoms with Crippen LogP contribution in [-0.2, 0) is 0 Å². The van der Waals surface area contributed by atoms with Gasteiger partial charge in [-0.25, -0.2) is 4.39 Å². The van der Waals surface area contributed by atoms with Crippen LogP contribution in [0, 0.1) is 11.7 Å². The smallest absolute Gasteiger partial charge is 0.142 e. The average Bonchev–Trinajstić information content (AvgIpc) is 2.33. The molecule has 0 aliphatic heterocycles. The zero-order valence-corrected chi connectivity index (χ0v) is 10.0. The van der Waals surface area contributed by atoms with E-state index in [1.54, 1.807) is 6.07 Å². The third kappa shape index (κ3) is 2.55. The molecule has 1 aliphatic rings. The van der Waals surface area contributed by atoms with Crippen molar-refractivity contribution in [3.8, 4) is 0 Å². The maximum Gasteiger partial charge on any atom is 0.142 e. The molecule has 1 nitrogen and oxygen atoms in total. The third-order valence-electron chi connectivity index (χ3n) is 3.49. The van der Waals surface area contributed by atoms with Crippen molar-refractivity contribution < 1.29 is 4.39 Å². The van der Waals surface area contributed by atoms with E-state index in [-0.39, 0.29) is 16.9 Å². The van der Waals surface area contributed by atoms with E-state index in [0.29, 0.717) is 5.92 Å².